The summed E-state index contributed by atoms with van der Waals surface area (Å²) in [5.74, 6) is 2.58. The third-order valence-electron chi connectivity index (χ3n) is 5.90. The molecule has 6 heteroatoms. The Morgan fingerprint density at radius 1 is 0.906 bits per heavy atom. The van der Waals surface area contributed by atoms with Crippen molar-refractivity contribution in [3.63, 3.8) is 0 Å². The lowest BCUT2D eigenvalue weighted by atomic mass is 10.1. The minimum Gasteiger partial charge on any atom is -0.494 e. The van der Waals surface area contributed by atoms with Gasteiger partial charge in [-0.2, -0.15) is 4.98 Å². The van der Waals surface area contributed by atoms with Gasteiger partial charge in [-0.25, -0.2) is 0 Å². The van der Waals surface area contributed by atoms with Gasteiger partial charge < -0.3 is 10.1 Å². The van der Waals surface area contributed by atoms with Crippen molar-refractivity contribution >= 4 is 5.95 Å². The predicted octanol–water partition coefficient (Wildman–Crippen LogP) is 4.85. The Balaban J connectivity index is 1.09. The quantitative estimate of drug-likeness (QED) is 0.400. The number of ether oxygens (including phenoxy) is 1. The van der Waals surface area contributed by atoms with Crippen molar-refractivity contribution in [1.82, 2.24) is 20.1 Å². The number of likely N-dealkylation sites (tertiary alicyclic amines) is 1. The van der Waals surface area contributed by atoms with E-state index in [1.54, 1.807) is 0 Å². The molecule has 2 aromatic carbocycles. The van der Waals surface area contributed by atoms with Crippen molar-refractivity contribution < 1.29 is 4.74 Å². The first-order valence-electron chi connectivity index (χ1n) is 12.0. The van der Waals surface area contributed by atoms with Gasteiger partial charge in [0, 0.05) is 19.5 Å². The molecule has 4 rings (SSSR count). The first-order valence-corrected chi connectivity index (χ1v) is 12.0. The van der Waals surface area contributed by atoms with Gasteiger partial charge in [-0.05, 0) is 68.5 Å². The van der Waals surface area contributed by atoms with Crippen LogP contribution in [0.2, 0.25) is 0 Å². The number of unbranched alkanes of at least 4 members (excludes halogenated alkanes) is 1. The molecule has 1 saturated heterocycles. The highest BCUT2D eigenvalue weighted by Crippen LogP contribution is 2.18. The van der Waals surface area contributed by atoms with E-state index in [1.165, 1.54) is 43.5 Å². The van der Waals surface area contributed by atoms with Crippen molar-refractivity contribution in [3.05, 3.63) is 71.5 Å². The molecule has 3 aromatic rings. The van der Waals surface area contributed by atoms with Gasteiger partial charge in [0.15, 0.2) is 0 Å². The van der Waals surface area contributed by atoms with Gasteiger partial charge in [0.1, 0.15) is 11.6 Å². The van der Waals surface area contributed by atoms with Gasteiger partial charge in [-0.3, -0.25) is 10.00 Å². The third kappa shape index (κ3) is 7.38. The molecule has 2 N–H and O–H groups in total. The van der Waals surface area contributed by atoms with E-state index in [2.05, 4.69) is 73.9 Å². The van der Waals surface area contributed by atoms with E-state index in [4.69, 9.17) is 4.74 Å². The number of piperidine rings is 1. The summed E-state index contributed by atoms with van der Waals surface area (Å²) in [5.41, 5.74) is 2.66. The lowest BCUT2D eigenvalue weighted by molar-refractivity contribution is 0.220. The Kier molecular flexibility index (Phi) is 8.55. The standard InChI is InChI=1S/C26H35N5O/c1-3-10-22(11-4-1)14-15-25-28-26(30-29-25)27-16-5-8-19-32-24-13-9-12-23(20-24)21-31-17-6-2-7-18-31/h1,3-4,9-13,20H,2,5-8,14-19,21H2,(H2,27,28,29,30). The number of benzene rings is 2. The van der Waals surface area contributed by atoms with Crippen LogP contribution in [-0.2, 0) is 19.4 Å². The summed E-state index contributed by atoms with van der Waals surface area (Å²) in [4.78, 5) is 7.08. The van der Waals surface area contributed by atoms with Crippen LogP contribution in [0.3, 0.4) is 0 Å². The monoisotopic (exact) mass is 433 g/mol. The van der Waals surface area contributed by atoms with Crippen LogP contribution in [0.1, 0.15) is 49.1 Å². The number of aromatic nitrogens is 3. The Labute approximate surface area is 191 Å². The summed E-state index contributed by atoms with van der Waals surface area (Å²) < 4.78 is 5.98. The van der Waals surface area contributed by atoms with Crippen LogP contribution in [0, 0.1) is 0 Å². The molecular formula is C26H35N5O. The van der Waals surface area contributed by atoms with Gasteiger partial charge in [0.05, 0.1) is 6.61 Å². The molecule has 32 heavy (non-hydrogen) atoms. The number of rotatable bonds is 12. The lowest BCUT2D eigenvalue weighted by Gasteiger charge is -2.26. The number of aryl methyl sites for hydroxylation is 2. The molecule has 0 spiro atoms. The van der Waals surface area contributed by atoms with Crippen molar-refractivity contribution in [2.75, 3.05) is 31.6 Å². The van der Waals surface area contributed by atoms with E-state index in [-0.39, 0.29) is 0 Å². The highest BCUT2D eigenvalue weighted by molar-refractivity contribution is 5.28. The van der Waals surface area contributed by atoms with Gasteiger partial charge in [0.2, 0.25) is 5.95 Å². The van der Waals surface area contributed by atoms with Crippen LogP contribution in [0.25, 0.3) is 0 Å². The smallest absolute Gasteiger partial charge is 0.242 e. The molecule has 1 aliphatic rings. The zero-order valence-electron chi connectivity index (χ0n) is 18.9. The maximum Gasteiger partial charge on any atom is 0.242 e. The molecule has 0 unspecified atom stereocenters. The molecule has 6 nitrogen and oxygen atoms in total. The summed E-state index contributed by atoms with van der Waals surface area (Å²) in [6.07, 6.45) is 7.87. The minimum atomic E-state index is 0.680. The van der Waals surface area contributed by atoms with Gasteiger partial charge in [0.25, 0.3) is 0 Å². The second kappa shape index (κ2) is 12.2. The van der Waals surface area contributed by atoms with Crippen LogP contribution in [0.5, 0.6) is 5.75 Å². The molecule has 170 valence electrons. The summed E-state index contributed by atoms with van der Waals surface area (Å²) in [5, 5.41) is 10.6. The molecular weight excluding hydrogens is 398 g/mol. The summed E-state index contributed by atoms with van der Waals surface area (Å²) in [6, 6.07) is 19.0. The Morgan fingerprint density at radius 3 is 2.62 bits per heavy atom. The maximum absolute atomic E-state index is 5.98. The molecule has 0 aliphatic carbocycles. The Morgan fingerprint density at radius 2 is 1.75 bits per heavy atom. The zero-order valence-corrected chi connectivity index (χ0v) is 18.9. The van der Waals surface area contributed by atoms with Crippen LogP contribution in [0.15, 0.2) is 54.6 Å². The van der Waals surface area contributed by atoms with Crippen molar-refractivity contribution in [2.45, 2.75) is 51.5 Å². The normalized spacial score (nSPS) is 14.4. The average Bonchev–Trinajstić information content (AvgIpc) is 3.29. The fourth-order valence-corrected chi connectivity index (χ4v) is 4.12. The number of nitrogens with zero attached hydrogens (tertiary/aromatic N) is 3. The van der Waals surface area contributed by atoms with Crippen LogP contribution >= 0.6 is 0 Å². The van der Waals surface area contributed by atoms with E-state index in [9.17, 15) is 0 Å². The van der Waals surface area contributed by atoms with Gasteiger partial charge >= 0.3 is 0 Å². The summed E-state index contributed by atoms with van der Waals surface area (Å²) in [6.45, 7) is 5.04. The van der Waals surface area contributed by atoms with E-state index in [0.717, 1.165) is 57.0 Å². The average molecular weight is 434 g/mol. The molecule has 0 bridgehead atoms. The van der Waals surface area contributed by atoms with Crippen molar-refractivity contribution in [1.29, 1.82) is 0 Å². The second-order valence-corrected chi connectivity index (χ2v) is 8.56. The molecule has 0 saturated carbocycles. The number of H-pyrrole nitrogens is 1. The highest BCUT2D eigenvalue weighted by Gasteiger charge is 2.10. The SMILES string of the molecule is c1ccc(CCc2nc(NCCCCOc3cccc(CN4CCCCC4)c3)n[nH]2)cc1. The molecule has 2 heterocycles. The first-order chi connectivity index (χ1) is 15.8. The van der Waals surface area contributed by atoms with E-state index in [0.29, 0.717) is 5.95 Å². The topological polar surface area (TPSA) is 66.1 Å². The molecule has 0 radical (unpaired) electrons. The Bertz CT molecular complexity index is 921. The van der Waals surface area contributed by atoms with Gasteiger partial charge in [-0.15, -0.1) is 5.10 Å². The molecule has 0 atom stereocenters. The highest BCUT2D eigenvalue weighted by atomic mass is 16.5. The second-order valence-electron chi connectivity index (χ2n) is 8.56. The molecule has 1 fully saturated rings. The molecule has 0 amide bonds. The molecule has 1 aliphatic heterocycles. The van der Waals surface area contributed by atoms with E-state index < -0.39 is 0 Å². The van der Waals surface area contributed by atoms with Crippen LogP contribution < -0.4 is 10.1 Å². The maximum atomic E-state index is 5.98. The number of hydrogen-bond acceptors (Lipinski definition) is 5. The van der Waals surface area contributed by atoms with Crippen LogP contribution in [0.4, 0.5) is 5.95 Å². The van der Waals surface area contributed by atoms with E-state index in [1.807, 2.05) is 6.07 Å². The fraction of sp³-hybridized carbons (Fsp3) is 0.462. The first kappa shape index (κ1) is 22.3. The number of nitrogens with one attached hydrogen (secondary N) is 2. The minimum absolute atomic E-state index is 0.680. The van der Waals surface area contributed by atoms with E-state index >= 15 is 0 Å². The van der Waals surface area contributed by atoms with Crippen molar-refractivity contribution in [3.8, 4) is 5.75 Å². The number of hydrogen-bond donors (Lipinski definition) is 2. The zero-order chi connectivity index (χ0) is 21.8. The number of aromatic amines is 1. The fourth-order valence-electron chi connectivity index (χ4n) is 4.12. The predicted molar refractivity (Wildman–Crippen MR) is 129 cm³/mol. The Hall–Kier alpha value is -2.86. The lowest BCUT2D eigenvalue weighted by Crippen LogP contribution is -2.29. The largest absolute Gasteiger partial charge is 0.494 e. The van der Waals surface area contributed by atoms with Crippen molar-refractivity contribution in [2.24, 2.45) is 0 Å². The van der Waals surface area contributed by atoms with Gasteiger partial charge in [-0.1, -0.05) is 48.9 Å². The molecule has 1 aromatic heterocycles. The third-order valence-corrected chi connectivity index (χ3v) is 5.90. The van der Waals surface area contributed by atoms with Crippen LogP contribution in [-0.4, -0.2) is 46.3 Å². The summed E-state index contributed by atoms with van der Waals surface area (Å²) >= 11 is 0. The number of anilines is 1. The summed E-state index contributed by atoms with van der Waals surface area (Å²) in [7, 11) is 0.